The van der Waals surface area contributed by atoms with Gasteiger partial charge >= 0.3 is 5.63 Å². The van der Waals surface area contributed by atoms with Crippen LogP contribution >= 0.6 is 0 Å². The van der Waals surface area contributed by atoms with Crippen molar-refractivity contribution in [1.82, 2.24) is 0 Å². The first-order chi connectivity index (χ1) is 11.1. The van der Waals surface area contributed by atoms with Crippen LogP contribution in [0, 0.1) is 13.8 Å². The zero-order chi connectivity index (χ0) is 16.0. The molecule has 0 saturated carbocycles. The zero-order valence-electron chi connectivity index (χ0n) is 13.1. The number of hydrogen-bond donors (Lipinski definition) is 0. The van der Waals surface area contributed by atoms with Crippen LogP contribution in [-0.4, -0.2) is 6.73 Å². The third-order valence-corrected chi connectivity index (χ3v) is 4.36. The highest BCUT2D eigenvalue weighted by molar-refractivity contribution is 5.85. The van der Waals surface area contributed by atoms with Gasteiger partial charge in [-0.2, -0.15) is 0 Å². The van der Waals surface area contributed by atoms with Gasteiger partial charge in [-0.15, -0.1) is 0 Å². The van der Waals surface area contributed by atoms with Crippen molar-refractivity contribution in [2.24, 2.45) is 0 Å². The van der Waals surface area contributed by atoms with Crippen molar-refractivity contribution in [2.75, 3.05) is 11.6 Å². The van der Waals surface area contributed by atoms with Crippen molar-refractivity contribution in [3.05, 3.63) is 69.6 Å². The predicted molar refractivity (Wildman–Crippen MR) is 90.1 cm³/mol. The Bertz CT molecular complexity index is 958. The SMILES string of the molecule is Cc1ccccc1N1COc2ccc3c(C)cc(=O)oc3c2C1. The second-order valence-corrected chi connectivity index (χ2v) is 5.93. The summed E-state index contributed by atoms with van der Waals surface area (Å²) in [7, 11) is 0. The van der Waals surface area contributed by atoms with E-state index in [0.717, 1.165) is 28.0 Å². The van der Waals surface area contributed by atoms with Crippen LogP contribution < -0.4 is 15.3 Å². The fourth-order valence-corrected chi connectivity index (χ4v) is 3.16. The number of benzene rings is 2. The van der Waals surface area contributed by atoms with E-state index in [2.05, 4.69) is 24.0 Å². The van der Waals surface area contributed by atoms with E-state index >= 15 is 0 Å². The monoisotopic (exact) mass is 307 g/mol. The van der Waals surface area contributed by atoms with Crippen molar-refractivity contribution >= 4 is 16.7 Å². The Morgan fingerprint density at radius 1 is 1.04 bits per heavy atom. The number of ether oxygens (including phenoxy) is 1. The standard InChI is InChI=1S/C19H17NO3/c1-12-5-3-4-6-16(12)20-10-15-17(22-11-20)8-7-14-13(2)9-18(21)23-19(14)15/h3-9H,10-11H2,1-2H3. The Morgan fingerprint density at radius 3 is 2.70 bits per heavy atom. The lowest BCUT2D eigenvalue weighted by Crippen LogP contribution is -2.32. The number of rotatable bonds is 1. The minimum Gasteiger partial charge on any atom is -0.473 e. The van der Waals surface area contributed by atoms with Crippen molar-refractivity contribution < 1.29 is 9.15 Å². The summed E-state index contributed by atoms with van der Waals surface area (Å²) < 4.78 is 11.4. The largest absolute Gasteiger partial charge is 0.473 e. The number of fused-ring (bicyclic) bond motifs is 3. The van der Waals surface area contributed by atoms with E-state index in [1.165, 1.54) is 11.6 Å². The minimum atomic E-state index is -0.323. The molecule has 0 atom stereocenters. The molecule has 1 aromatic heterocycles. The molecular formula is C19H17NO3. The summed E-state index contributed by atoms with van der Waals surface area (Å²) in [5, 5.41) is 0.957. The van der Waals surface area contributed by atoms with Gasteiger partial charge in [0.1, 0.15) is 11.3 Å². The second-order valence-electron chi connectivity index (χ2n) is 5.93. The summed E-state index contributed by atoms with van der Waals surface area (Å²) in [4.78, 5) is 13.9. The molecule has 0 fully saturated rings. The lowest BCUT2D eigenvalue weighted by Gasteiger charge is -2.32. The molecule has 0 amide bonds. The van der Waals surface area contributed by atoms with Gasteiger partial charge in [0.05, 0.1) is 12.1 Å². The predicted octanol–water partition coefficient (Wildman–Crippen LogP) is 3.77. The average Bonchev–Trinajstić information content (AvgIpc) is 2.54. The quantitative estimate of drug-likeness (QED) is 0.642. The number of nitrogens with zero attached hydrogens (tertiary/aromatic N) is 1. The third kappa shape index (κ3) is 2.27. The highest BCUT2D eigenvalue weighted by atomic mass is 16.5. The van der Waals surface area contributed by atoms with Gasteiger partial charge in [-0.3, -0.25) is 0 Å². The van der Waals surface area contributed by atoms with Gasteiger partial charge in [0, 0.05) is 17.1 Å². The van der Waals surface area contributed by atoms with Gasteiger partial charge < -0.3 is 14.1 Å². The molecular weight excluding hydrogens is 290 g/mol. The topological polar surface area (TPSA) is 42.7 Å². The van der Waals surface area contributed by atoms with Crippen LogP contribution in [0.3, 0.4) is 0 Å². The Balaban J connectivity index is 1.86. The molecule has 0 saturated heterocycles. The normalized spacial score (nSPS) is 13.7. The fraction of sp³-hybridized carbons (Fsp3) is 0.211. The number of hydrogen-bond acceptors (Lipinski definition) is 4. The number of anilines is 1. The van der Waals surface area contributed by atoms with E-state index in [0.29, 0.717) is 18.9 Å². The number of para-hydroxylation sites is 1. The van der Waals surface area contributed by atoms with Gasteiger partial charge in [0.2, 0.25) is 0 Å². The second kappa shape index (κ2) is 5.16. The molecule has 4 heteroatoms. The van der Waals surface area contributed by atoms with Crippen molar-refractivity contribution in [1.29, 1.82) is 0 Å². The highest BCUT2D eigenvalue weighted by Gasteiger charge is 2.22. The smallest absolute Gasteiger partial charge is 0.336 e. The maximum atomic E-state index is 11.8. The van der Waals surface area contributed by atoms with E-state index < -0.39 is 0 Å². The zero-order valence-corrected chi connectivity index (χ0v) is 13.1. The fourth-order valence-electron chi connectivity index (χ4n) is 3.16. The summed E-state index contributed by atoms with van der Waals surface area (Å²) in [5.74, 6) is 0.788. The lowest BCUT2D eigenvalue weighted by atomic mass is 10.0. The molecule has 0 N–H and O–H groups in total. The first-order valence-electron chi connectivity index (χ1n) is 7.63. The van der Waals surface area contributed by atoms with Crippen LogP contribution in [0.2, 0.25) is 0 Å². The van der Waals surface area contributed by atoms with E-state index in [9.17, 15) is 4.79 Å². The molecule has 0 bridgehead atoms. The van der Waals surface area contributed by atoms with E-state index in [1.54, 1.807) is 0 Å². The summed E-state index contributed by atoms with van der Waals surface area (Å²) in [5.41, 5.74) is 4.48. The molecule has 2 aromatic carbocycles. The maximum Gasteiger partial charge on any atom is 0.336 e. The molecule has 1 aliphatic heterocycles. The highest BCUT2D eigenvalue weighted by Crippen LogP contribution is 2.35. The van der Waals surface area contributed by atoms with Gasteiger partial charge in [-0.25, -0.2) is 4.79 Å². The first-order valence-corrected chi connectivity index (χ1v) is 7.63. The molecule has 4 rings (SSSR count). The lowest BCUT2D eigenvalue weighted by molar-refractivity contribution is 0.289. The van der Waals surface area contributed by atoms with Crippen LogP contribution in [0.5, 0.6) is 5.75 Å². The third-order valence-electron chi connectivity index (χ3n) is 4.36. The first kappa shape index (κ1) is 13.9. The molecule has 1 aliphatic rings. The number of aryl methyl sites for hydroxylation is 2. The Hall–Kier alpha value is -2.75. The summed E-state index contributed by atoms with van der Waals surface area (Å²) in [6.07, 6.45) is 0. The molecule has 0 radical (unpaired) electrons. The molecule has 2 heterocycles. The summed E-state index contributed by atoms with van der Waals surface area (Å²) in [6, 6.07) is 13.6. The Kier molecular flexibility index (Phi) is 3.11. The molecule has 3 aromatic rings. The summed E-state index contributed by atoms with van der Waals surface area (Å²) >= 11 is 0. The Labute approximate surface area is 133 Å². The van der Waals surface area contributed by atoms with E-state index in [-0.39, 0.29) is 5.63 Å². The van der Waals surface area contributed by atoms with Crippen LogP contribution in [0.25, 0.3) is 11.0 Å². The molecule has 23 heavy (non-hydrogen) atoms. The average molecular weight is 307 g/mol. The molecule has 0 spiro atoms. The van der Waals surface area contributed by atoms with Crippen LogP contribution in [0.4, 0.5) is 5.69 Å². The van der Waals surface area contributed by atoms with Crippen LogP contribution in [0.15, 0.2) is 51.7 Å². The van der Waals surface area contributed by atoms with Crippen molar-refractivity contribution in [3.63, 3.8) is 0 Å². The van der Waals surface area contributed by atoms with Crippen LogP contribution in [-0.2, 0) is 6.54 Å². The van der Waals surface area contributed by atoms with Crippen molar-refractivity contribution in [3.8, 4) is 5.75 Å². The van der Waals surface area contributed by atoms with Gasteiger partial charge in [0.15, 0.2) is 6.73 Å². The van der Waals surface area contributed by atoms with E-state index in [1.807, 2.05) is 31.2 Å². The summed E-state index contributed by atoms with van der Waals surface area (Å²) in [6.45, 7) is 5.15. The van der Waals surface area contributed by atoms with Crippen LogP contribution in [0.1, 0.15) is 16.7 Å². The van der Waals surface area contributed by atoms with Crippen molar-refractivity contribution in [2.45, 2.75) is 20.4 Å². The van der Waals surface area contributed by atoms with E-state index in [4.69, 9.17) is 9.15 Å². The molecule has 4 nitrogen and oxygen atoms in total. The van der Waals surface area contributed by atoms with Gasteiger partial charge in [-0.1, -0.05) is 18.2 Å². The maximum absolute atomic E-state index is 11.8. The minimum absolute atomic E-state index is 0.323. The Morgan fingerprint density at radius 2 is 1.87 bits per heavy atom. The molecule has 116 valence electrons. The molecule has 0 unspecified atom stereocenters. The molecule has 0 aliphatic carbocycles. The van der Waals surface area contributed by atoms with Gasteiger partial charge in [-0.05, 0) is 43.2 Å². The van der Waals surface area contributed by atoms with Gasteiger partial charge in [0.25, 0.3) is 0 Å².